The molecule has 1 unspecified atom stereocenters. The van der Waals surface area contributed by atoms with Crippen molar-refractivity contribution in [2.24, 2.45) is 11.7 Å². The molecule has 0 bridgehead atoms. The summed E-state index contributed by atoms with van der Waals surface area (Å²) >= 11 is 7.84. The minimum atomic E-state index is -0.174. The number of benzene rings is 1. The first kappa shape index (κ1) is 15.5. The fourth-order valence-electron chi connectivity index (χ4n) is 2.96. The Labute approximate surface area is 138 Å². The summed E-state index contributed by atoms with van der Waals surface area (Å²) in [6, 6.07) is 7.75. The van der Waals surface area contributed by atoms with Crippen LogP contribution in [0.2, 0.25) is 5.02 Å². The maximum Gasteiger partial charge on any atom is 0.226 e. The third-order valence-corrected chi connectivity index (χ3v) is 5.36. The molecule has 1 aromatic carbocycles. The maximum absolute atomic E-state index is 11.4. The molecular formula is C16H19ClN3OS+. The van der Waals surface area contributed by atoms with E-state index in [9.17, 15) is 4.79 Å². The average Bonchev–Trinajstić information content (AvgIpc) is 2.96. The number of rotatable bonds is 4. The van der Waals surface area contributed by atoms with E-state index in [1.54, 1.807) is 11.3 Å². The van der Waals surface area contributed by atoms with Crippen molar-refractivity contribution in [1.82, 2.24) is 4.98 Å². The van der Waals surface area contributed by atoms with Gasteiger partial charge in [0, 0.05) is 10.9 Å². The summed E-state index contributed by atoms with van der Waals surface area (Å²) < 4.78 is 0. The number of hydrogen-bond donors (Lipinski definition) is 2. The summed E-state index contributed by atoms with van der Waals surface area (Å²) in [5, 5.41) is 3.76. The summed E-state index contributed by atoms with van der Waals surface area (Å²) in [5.41, 5.74) is 7.47. The highest BCUT2D eigenvalue weighted by Crippen LogP contribution is 2.29. The highest BCUT2D eigenvalue weighted by Gasteiger charge is 2.27. The lowest BCUT2D eigenvalue weighted by molar-refractivity contribution is -0.921. The predicted molar refractivity (Wildman–Crippen MR) is 88.9 cm³/mol. The van der Waals surface area contributed by atoms with Crippen LogP contribution in [0.15, 0.2) is 29.6 Å². The molecule has 22 heavy (non-hydrogen) atoms. The standard InChI is InChI=1S/C16H18ClN3OS/c17-14-6-2-1-5-13(14)16-19-12(10-22-16)9-20-7-3-4-11(8-20)15(18)21/h1-2,5-6,10-11H,3-4,7-9H2,(H2,18,21)/p+1/t11-/m0/s1. The van der Waals surface area contributed by atoms with Gasteiger partial charge in [-0.2, -0.15) is 0 Å². The number of aromatic nitrogens is 1. The van der Waals surface area contributed by atoms with Crippen LogP contribution in [0, 0.1) is 5.92 Å². The number of piperidine rings is 1. The molecule has 1 amide bonds. The van der Waals surface area contributed by atoms with Crippen LogP contribution in [0.4, 0.5) is 0 Å². The molecule has 1 saturated heterocycles. The first-order chi connectivity index (χ1) is 10.6. The van der Waals surface area contributed by atoms with Crippen molar-refractivity contribution in [1.29, 1.82) is 0 Å². The van der Waals surface area contributed by atoms with Crippen LogP contribution in [0.5, 0.6) is 0 Å². The number of carbonyl (C=O) groups is 1. The van der Waals surface area contributed by atoms with Crippen LogP contribution in [0.25, 0.3) is 10.6 Å². The third-order valence-electron chi connectivity index (χ3n) is 4.11. The van der Waals surface area contributed by atoms with Gasteiger partial charge in [0.1, 0.15) is 17.2 Å². The van der Waals surface area contributed by atoms with Crippen LogP contribution in [-0.4, -0.2) is 24.0 Å². The van der Waals surface area contributed by atoms with Gasteiger partial charge in [0.2, 0.25) is 5.91 Å². The first-order valence-electron chi connectivity index (χ1n) is 7.45. The summed E-state index contributed by atoms with van der Waals surface area (Å²) in [4.78, 5) is 17.4. The smallest absolute Gasteiger partial charge is 0.226 e. The Kier molecular flexibility index (Phi) is 4.76. The van der Waals surface area contributed by atoms with E-state index >= 15 is 0 Å². The normalized spacial score (nSPS) is 21.7. The Balaban J connectivity index is 1.70. The molecule has 0 radical (unpaired) electrons. The number of carbonyl (C=O) groups excluding carboxylic acids is 1. The highest BCUT2D eigenvalue weighted by atomic mass is 35.5. The van der Waals surface area contributed by atoms with E-state index in [-0.39, 0.29) is 11.8 Å². The van der Waals surface area contributed by atoms with Crippen LogP contribution in [0.3, 0.4) is 0 Å². The molecule has 0 spiro atoms. The topological polar surface area (TPSA) is 60.4 Å². The molecule has 0 saturated carbocycles. The summed E-state index contributed by atoms with van der Waals surface area (Å²) in [5.74, 6) is -0.169. The maximum atomic E-state index is 11.4. The minimum Gasteiger partial charge on any atom is -0.369 e. The second-order valence-corrected chi connectivity index (χ2v) is 7.01. The van der Waals surface area contributed by atoms with Crippen molar-refractivity contribution >= 4 is 28.8 Å². The van der Waals surface area contributed by atoms with Gasteiger partial charge in [-0.15, -0.1) is 11.3 Å². The minimum absolute atomic E-state index is 0.00502. The lowest BCUT2D eigenvalue weighted by Gasteiger charge is -2.27. The quantitative estimate of drug-likeness (QED) is 0.893. The van der Waals surface area contributed by atoms with Crippen molar-refractivity contribution in [3.05, 3.63) is 40.4 Å². The zero-order valence-electron chi connectivity index (χ0n) is 12.2. The number of nitrogens with zero attached hydrogens (tertiary/aromatic N) is 1. The van der Waals surface area contributed by atoms with Gasteiger partial charge in [0.15, 0.2) is 0 Å². The molecule has 1 aliphatic rings. The molecule has 1 aromatic heterocycles. The largest absolute Gasteiger partial charge is 0.369 e. The van der Waals surface area contributed by atoms with Gasteiger partial charge in [0.25, 0.3) is 0 Å². The number of nitrogens with one attached hydrogen (secondary N) is 1. The molecule has 2 aromatic rings. The number of halogens is 1. The van der Waals surface area contributed by atoms with Crippen molar-refractivity contribution in [3.63, 3.8) is 0 Å². The van der Waals surface area contributed by atoms with E-state index in [4.69, 9.17) is 22.3 Å². The summed E-state index contributed by atoms with van der Waals surface area (Å²) in [6.07, 6.45) is 1.96. The van der Waals surface area contributed by atoms with E-state index in [0.717, 1.165) is 53.8 Å². The van der Waals surface area contributed by atoms with Gasteiger partial charge in [0.05, 0.1) is 24.0 Å². The number of nitrogens with two attached hydrogens (primary N) is 1. The predicted octanol–water partition coefficient (Wildman–Crippen LogP) is 1.74. The number of hydrogen-bond acceptors (Lipinski definition) is 3. The SMILES string of the molecule is NC(=O)[C@H]1CCC[NH+](Cc2csc(-c3ccccc3Cl)n2)C1. The Morgan fingerprint density at radius 3 is 3.05 bits per heavy atom. The second-order valence-electron chi connectivity index (χ2n) is 5.75. The summed E-state index contributed by atoms with van der Waals surface area (Å²) in [7, 11) is 0. The van der Waals surface area contributed by atoms with Crippen LogP contribution in [-0.2, 0) is 11.3 Å². The van der Waals surface area contributed by atoms with Gasteiger partial charge in [-0.1, -0.05) is 29.8 Å². The van der Waals surface area contributed by atoms with Crippen LogP contribution < -0.4 is 10.6 Å². The van der Waals surface area contributed by atoms with Crippen LogP contribution in [0.1, 0.15) is 18.5 Å². The van der Waals surface area contributed by atoms with E-state index in [2.05, 4.69) is 5.38 Å². The number of primary amides is 1. The number of thiazole rings is 1. The molecule has 3 N–H and O–H groups in total. The molecule has 116 valence electrons. The highest BCUT2D eigenvalue weighted by molar-refractivity contribution is 7.13. The number of likely N-dealkylation sites (tertiary alicyclic amines) is 1. The van der Waals surface area contributed by atoms with Gasteiger partial charge < -0.3 is 10.6 Å². The molecule has 2 heterocycles. The van der Waals surface area contributed by atoms with Crippen molar-refractivity contribution in [3.8, 4) is 10.6 Å². The second kappa shape index (κ2) is 6.77. The number of quaternary nitrogens is 1. The van der Waals surface area contributed by atoms with Crippen molar-refractivity contribution in [2.75, 3.05) is 13.1 Å². The Morgan fingerprint density at radius 2 is 2.27 bits per heavy atom. The molecule has 1 aliphatic heterocycles. The fraction of sp³-hybridized carbons (Fsp3) is 0.375. The molecular weight excluding hydrogens is 318 g/mol. The lowest BCUT2D eigenvalue weighted by atomic mass is 9.97. The Morgan fingerprint density at radius 1 is 1.45 bits per heavy atom. The van der Waals surface area contributed by atoms with Gasteiger partial charge in [-0.3, -0.25) is 4.79 Å². The third kappa shape index (κ3) is 3.48. The van der Waals surface area contributed by atoms with Gasteiger partial charge >= 0.3 is 0 Å². The van der Waals surface area contributed by atoms with Crippen molar-refractivity contribution < 1.29 is 9.69 Å². The molecule has 6 heteroatoms. The van der Waals surface area contributed by atoms with Gasteiger partial charge in [-0.25, -0.2) is 4.98 Å². The Hall–Kier alpha value is -1.43. The molecule has 1 fully saturated rings. The van der Waals surface area contributed by atoms with E-state index in [1.165, 1.54) is 4.90 Å². The average molecular weight is 337 g/mol. The van der Waals surface area contributed by atoms with E-state index in [1.807, 2.05) is 24.3 Å². The monoisotopic (exact) mass is 336 g/mol. The summed E-state index contributed by atoms with van der Waals surface area (Å²) in [6.45, 7) is 2.72. The number of amides is 1. The first-order valence-corrected chi connectivity index (χ1v) is 8.71. The van der Waals surface area contributed by atoms with Gasteiger partial charge in [-0.05, 0) is 18.9 Å². The molecule has 3 rings (SSSR count). The van der Waals surface area contributed by atoms with E-state index < -0.39 is 0 Å². The molecule has 0 aliphatic carbocycles. The fourth-order valence-corrected chi connectivity index (χ4v) is 4.10. The molecule has 2 atom stereocenters. The van der Waals surface area contributed by atoms with Crippen LogP contribution >= 0.6 is 22.9 Å². The lowest BCUT2D eigenvalue weighted by Crippen LogP contribution is -3.12. The Bertz CT molecular complexity index is 673. The molecule has 4 nitrogen and oxygen atoms in total. The van der Waals surface area contributed by atoms with Crippen molar-refractivity contribution in [2.45, 2.75) is 19.4 Å². The zero-order valence-corrected chi connectivity index (χ0v) is 13.8. The zero-order chi connectivity index (χ0) is 15.5. The van der Waals surface area contributed by atoms with E-state index in [0.29, 0.717) is 0 Å².